The first-order chi connectivity index (χ1) is 13.7. The molecule has 0 spiro atoms. The molecule has 0 aliphatic carbocycles. The van der Waals surface area contributed by atoms with E-state index in [1.54, 1.807) is 0 Å². The smallest absolute Gasteiger partial charge is 0.150 e. The zero-order valence-electron chi connectivity index (χ0n) is 17.6. The van der Waals surface area contributed by atoms with Crippen LogP contribution in [0.1, 0.15) is 61.9 Å². The normalized spacial score (nSPS) is 18.6. The van der Waals surface area contributed by atoms with Crippen LogP contribution in [0.4, 0.5) is 5.69 Å². The SMILES string of the molecule is C=C(CC)/C1=C/C=C\CCN(c2cc(C=O)ccc2CCCCC)CCOC1. The molecule has 0 radical (unpaired) electrons. The molecule has 1 aromatic rings. The predicted octanol–water partition coefficient (Wildman–Crippen LogP) is 5.91. The van der Waals surface area contributed by atoms with Crippen molar-refractivity contribution in [2.24, 2.45) is 0 Å². The van der Waals surface area contributed by atoms with Gasteiger partial charge in [0.05, 0.1) is 13.2 Å². The number of hydrogen-bond acceptors (Lipinski definition) is 3. The van der Waals surface area contributed by atoms with E-state index in [0.29, 0.717) is 13.2 Å². The van der Waals surface area contributed by atoms with Crippen LogP contribution >= 0.6 is 0 Å². The Kier molecular flexibility index (Phi) is 9.78. The van der Waals surface area contributed by atoms with Crippen LogP contribution in [0.3, 0.4) is 0 Å². The molecule has 0 aromatic heterocycles. The highest BCUT2D eigenvalue weighted by Crippen LogP contribution is 2.25. The second-order valence-electron chi connectivity index (χ2n) is 7.37. The van der Waals surface area contributed by atoms with Crippen LogP contribution in [0.15, 0.2) is 54.2 Å². The van der Waals surface area contributed by atoms with Crippen molar-refractivity contribution in [2.45, 2.75) is 52.4 Å². The van der Waals surface area contributed by atoms with Crippen LogP contribution in [0.2, 0.25) is 0 Å². The minimum absolute atomic E-state index is 0.600. The minimum atomic E-state index is 0.600. The van der Waals surface area contributed by atoms with Crippen LogP contribution in [-0.2, 0) is 11.2 Å². The summed E-state index contributed by atoms with van der Waals surface area (Å²) in [4.78, 5) is 13.7. The number of rotatable bonds is 8. The number of hydrogen-bond donors (Lipinski definition) is 0. The molecular weight excluding hydrogens is 346 g/mol. The third-order valence-corrected chi connectivity index (χ3v) is 5.28. The van der Waals surface area contributed by atoms with E-state index in [2.05, 4.69) is 49.6 Å². The maximum Gasteiger partial charge on any atom is 0.150 e. The summed E-state index contributed by atoms with van der Waals surface area (Å²) in [5.74, 6) is 0. The van der Waals surface area contributed by atoms with Crippen molar-refractivity contribution in [1.29, 1.82) is 0 Å². The summed E-state index contributed by atoms with van der Waals surface area (Å²) < 4.78 is 5.97. The summed E-state index contributed by atoms with van der Waals surface area (Å²) in [6, 6.07) is 6.11. The molecule has 0 saturated heterocycles. The zero-order chi connectivity index (χ0) is 20.2. The zero-order valence-corrected chi connectivity index (χ0v) is 17.6. The largest absolute Gasteiger partial charge is 0.375 e. The molecule has 2 rings (SSSR count). The second kappa shape index (κ2) is 12.4. The Hall–Kier alpha value is -2.13. The standard InChI is InChI=1S/C25H35NO2/c1-4-6-8-11-23-14-13-22(19-27)18-25(23)26-15-10-7-9-12-24(21(3)5-2)20-28-17-16-26/h7,9,12-14,18-19H,3-6,8,10-11,15-17,20H2,1-2H3/b9-7-,24-12+. The molecule has 1 aliphatic heterocycles. The van der Waals surface area contributed by atoms with Gasteiger partial charge in [0.1, 0.15) is 6.29 Å². The highest BCUT2D eigenvalue weighted by atomic mass is 16.5. The quantitative estimate of drug-likeness (QED) is 0.414. The van der Waals surface area contributed by atoms with Crippen molar-refractivity contribution >= 4 is 12.0 Å². The van der Waals surface area contributed by atoms with Gasteiger partial charge in [0.25, 0.3) is 0 Å². The molecule has 0 saturated carbocycles. The van der Waals surface area contributed by atoms with E-state index in [1.807, 2.05) is 12.1 Å². The summed E-state index contributed by atoms with van der Waals surface area (Å²) >= 11 is 0. The van der Waals surface area contributed by atoms with Gasteiger partial charge in [-0.1, -0.05) is 63.6 Å². The topological polar surface area (TPSA) is 29.5 Å². The lowest BCUT2D eigenvalue weighted by Crippen LogP contribution is -2.29. The van der Waals surface area contributed by atoms with Gasteiger partial charge in [0.2, 0.25) is 0 Å². The van der Waals surface area contributed by atoms with Gasteiger partial charge in [-0.05, 0) is 48.5 Å². The predicted molar refractivity (Wildman–Crippen MR) is 119 cm³/mol. The number of benzene rings is 1. The summed E-state index contributed by atoms with van der Waals surface area (Å²) in [5.41, 5.74) is 5.57. The maximum absolute atomic E-state index is 11.3. The average Bonchev–Trinajstić information content (AvgIpc) is 2.78. The number of anilines is 1. The molecule has 1 aliphatic rings. The van der Waals surface area contributed by atoms with Gasteiger partial charge in [-0.3, -0.25) is 4.79 Å². The molecule has 1 heterocycles. The Morgan fingerprint density at radius 2 is 2.11 bits per heavy atom. The van der Waals surface area contributed by atoms with E-state index >= 15 is 0 Å². The molecule has 0 N–H and O–H groups in total. The number of nitrogens with zero attached hydrogens (tertiary/aromatic N) is 1. The molecule has 0 amide bonds. The maximum atomic E-state index is 11.3. The summed E-state index contributed by atoms with van der Waals surface area (Å²) in [5, 5.41) is 0. The lowest BCUT2D eigenvalue weighted by Gasteiger charge is -2.27. The molecule has 0 bridgehead atoms. The second-order valence-corrected chi connectivity index (χ2v) is 7.37. The van der Waals surface area contributed by atoms with Crippen molar-refractivity contribution in [1.82, 2.24) is 0 Å². The Labute approximate surface area is 170 Å². The van der Waals surface area contributed by atoms with Gasteiger partial charge in [0, 0.05) is 24.3 Å². The van der Waals surface area contributed by atoms with Crippen LogP contribution in [-0.4, -0.2) is 32.6 Å². The summed E-state index contributed by atoms with van der Waals surface area (Å²) in [7, 11) is 0. The highest BCUT2D eigenvalue weighted by molar-refractivity contribution is 5.78. The van der Waals surface area contributed by atoms with E-state index < -0.39 is 0 Å². The third-order valence-electron chi connectivity index (χ3n) is 5.28. The van der Waals surface area contributed by atoms with E-state index in [0.717, 1.165) is 49.8 Å². The number of aryl methyl sites for hydroxylation is 1. The average molecular weight is 382 g/mol. The van der Waals surface area contributed by atoms with Crippen LogP contribution in [0.5, 0.6) is 0 Å². The Morgan fingerprint density at radius 1 is 1.25 bits per heavy atom. The molecule has 28 heavy (non-hydrogen) atoms. The number of unbranched alkanes of at least 4 members (excludes halogenated alkanes) is 2. The van der Waals surface area contributed by atoms with Crippen LogP contribution in [0, 0.1) is 0 Å². The van der Waals surface area contributed by atoms with Crippen molar-refractivity contribution in [3.8, 4) is 0 Å². The number of carbonyl (C=O) groups excluding carboxylic acids is 1. The monoisotopic (exact) mass is 381 g/mol. The summed E-state index contributed by atoms with van der Waals surface area (Å²) in [6.45, 7) is 11.5. The Bertz CT molecular complexity index is 702. The van der Waals surface area contributed by atoms with E-state index in [4.69, 9.17) is 4.74 Å². The molecule has 0 unspecified atom stereocenters. The highest BCUT2D eigenvalue weighted by Gasteiger charge is 2.13. The molecule has 1 aromatic carbocycles. The first-order valence-electron chi connectivity index (χ1n) is 10.6. The molecule has 3 nitrogen and oxygen atoms in total. The molecule has 0 fully saturated rings. The fourth-order valence-electron chi connectivity index (χ4n) is 3.44. The van der Waals surface area contributed by atoms with Gasteiger partial charge in [0.15, 0.2) is 0 Å². The molecular formula is C25H35NO2. The van der Waals surface area contributed by atoms with Gasteiger partial charge < -0.3 is 9.64 Å². The number of aldehydes is 1. The van der Waals surface area contributed by atoms with Gasteiger partial charge in [-0.25, -0.2) is 0 Å². The fraction of sp³-hybridized carbons (Fsp3) is 0.480. The van der Waals surface area contributed by atoms with Crippen molar-refractivity contribution in [2.75, 3.05) is 31.2 Å². The van der Waals surface area contributed by atoms with E-state index in [-0.39, 0.29) is 0 Å². The number of allylic oxidation sites excluding steroid dienone is 2. The van der Waals surface area contributed by atoms with Gasteiger partial charge in [-0.2, -0.15) is 0 Å². The summed E-state index contributed by atoms with van der Waals surface area (Å²) in [6.07, 6.45) is 14.0. The van der Waals surface area contributed by atoms with Crippen LogP contribution < -0.4 is 4.90 Å². The molecule has 0 atom stereocenters. The minimum Gasteiger partial charge on any atom is -0.375 e. The third kappa shape index (κ3) is 6.79. The van der Waals surface area contributed by atoms with Crippen molar-refractivity contribution < 1.29 is 9.53 Å². The van der Waals surface area contributed by atoms with E-state index in [1.165, 1.54) is 36.1 Å². The molecule has 152 valence electrons. The first kappa shape index (κ1) is 22.2. The fourth-order valence-corrected chi connectivity index (χ4v) is 3.44. The molecule has 3 heteroatoms. The first-order valence-corrected chi connectivity index (χ1v) is 10.6. The lowest BCUT2D eigenvalue weighted by atomic mass is 10.0. The number of carbonyl (C=O) groups is 1. The van der Waals surface area contributed by atoms with Gasteiger partial charge in [-0.15, -0.1) is 0 Å². The Morgan fingerprint density at radius 3 is 2.86 bits per heavy atom. The number of ether oxygens (including phenoxy) is 1. The van der Waals surface area contributed by atoms with E-state index in [9.17, 15) is 4.79 Å². The Balaban J connectivity index is 2.16. The van der Waals surface area contributed by atoms with Gasteiger partial charge >= 0.3 is 0 Å². The van der Waals surface area contributed by atoms with Crippen LogP contribution in [0.25, 0.3) is 0 Å². The van der Waals surface area contributed by atoms with Crippen molar-refractivity contribution in [3.05, 3.63) is 65.3 Å². The lowest BCUT2D eigenvalue weighted by molar-refractivity contribution is 0.112. The van der Waals surface area contributed by atoms with Crippen molar-refractivity contribution in [3.63, 3.8) is 0 Å².